The first-order valence-corrected chi connectivity index (χ1v) is 60.9. The minimum atomic E-state index is 0.574. The van der Waals surface area contributed by atoms with Crippen LogP contribution in [-0.4, -0.2) is 212 Å². The molecule has 0 saturated heterocycles. The summed E-state index contributed by atoms with van der Waals surface area (Å²) in [6, 6.07) is 112. The van der Waals surface area contributed by atoms with Crippen LogP contribution in [-0.2, 0) is 0 Å². The Bertz CT molecular complexity index is 8560. The van der Waals surface area contributed by atoms with E-state index < -0.39 is 0 Å². The average Bonchev–Trinajstić information content (AvgIpc) is 1.57. The zero-order valence-corrected chi connectivity index (χ0v) is 108. The van der Waals surface area contributed by atoms with Gasteiger partial charge in [0.05, 0.1) is 0 Å². The van der Waals surface area contributed by atoms with Crippen molar-refractivity contribution in [3.63, 3.8) is 0 Å². The van der Waals surface area contributed by atoms with Gasteiger partial charge in [0.1, 0.15) is 0 Å². The van der Waals surface area contributed by atoms with E-state index >= 15 is 0 Å². The standard InChI is InChI=1S/C24H18N3.C23H17N4.2C19H14NO.2C18H13N2O.6Bi.12H/c1-16-12-13-20-19-10-6-7-11-22(19)27(18-8-4-3-5-9-18)24(20)23(16)21-14-15-25-17(2)26-21;1-15-12-13-19-18-10-6-7-11-20(18)27(17-8-4-3-5-9-17)22(19)21(15)23-25-14-24-16(2)26-23;1-12-9-10-20-16(11-12)18-13(2)7-8-15-14-5-3-4-6-17(14)21-19(15)18;1-12-7-8-16-15-5-3-4-6-17(15)21-19(16)18(12)14-9-10-20-13(2)11-14;1-11-7-8-14-13-5-3-4-6-16(13)21-18(14)17(11)15-9-10-19-12(2)20-15;1-11-7-8-14-13-5-3-4-6-15(13)21-17(14)16(11)18-19-10-9-12(2)20-18;;;;;;;;;;;;;;;;;;/h3-14H,1-2H3;3-13H,1-2H3;2*3-9,11H,1-2H3;2*3-9H,1-2H3;;;;;;;;;;;;;;;;;;. The van der Waals surface area contributed by atoms with E-state index in [1.54, 1.807) is 0 Å². The molecule has 0 spiro atoms. The summed E-state index contributed by atoms with van der Waals surface area (Å²) in [5, 5.41) is 14.2. The molecule has 0 fully saturated rings. The fraction of sp³-hybridized carbons (Fsp3) is 0.0992. The number of nitrogens with zero attached hydrogens (tertiary/aromatic N) is 13. The van der Waals surface area contributed by atoms with E-state index in [9.17, 15) is 0 Å². The summed E-state index contributed by atoms with van der Waals surface area (Å²) < 4.78 is 36.1. The number of para-hydroxylation sites is 8. The second-order valence-corrected chi connectivity index (χ2v) is 49.8. The van der Waals surface area contributed by atoms with Gasteiger partial charge in [0.2, 0.25) is 0 Å². The molecule has 0 saturated carbocycles. The molecule has 0 atom stereocenters. The molecule has 26 aromatic rings. The number of pyridine rings is 2. The van der Waals surface area contributed by atoms with E-state index in [-0.39, 0.29) is 0 Å². The van der Waals surface area contributed by atoms with E-state index in [0.717, 1.165) is 231 Å². The van der Waals surface area contributed by atoms with Crippen molar-refractivity contribution in [2.45, 2.75) is 83.1 Å². The maximum atomic E-state index is 6.19. The fourth-order valence-electron chi connectivity index (χ4n) is 19.9. The third kappa shape index (κ3) is 19.5. The molecule has 0 aliphatic heterocycles. The van der Waals surface area contributed by atoms with Crippen LogP contribution in [0.4, 0.5) is 0 Å². The molecule has 0 N–H and O–H groups in total. The molecule has 704 valence electrons. The molecular weight excluding hydrogens is 2950 g/mol. The monoisotopic (exact) mass is 3050 g/mol. The number of furan rings is 4. The first-order chi connectivity index (χ1) is 69.8. The summed E-state index contributed by atoms with van der Waals surface area (Å²) in [5.41, 5.74) is 36.0. The van der Waals surface area contributed by atoms with E-state index in [1.165, 1.54) is 117 Å². The zero-order valence-electron chi connectivity index (χ0n) is 81.5. The van der Waals surface area contributed by atoms with Crippen LogP contribution in [0.2, 0.25) is 0 Å². The third-order valence-corrected chi connectivity index (χ3v) is 32.7. The third-order valence-electron chi connectivity index (χ3n) is 26.0. The van der Waals surface area contributed by atoms with Crippen LogP contribution in [0.15, 0.2) is 339 Å². The summed E-state index contributed by atoms with van der Waals surface area (Å²) >= 11 is 4.12. The Morgan fingerprint density at radius 1 is 0.215 bits per heavy atom. The number of hydrogen-bond donors (Lipinski definition) is 0. The van der Waals surface area contributed by atoms with Crippen molar-refractivity contribution >= 4 is 300 Å². The summed E-state index contributed by atoms with van der Waals surface area (Å²) in [6.07, 6.45) is 0. The Labute approximate surface area is 922 Å². The molecule has 0 aliphatic carbocycles. The predicted molar refractivity (Wildman–Crippen MR) is 611 cm³/mol. The first-order valence-electron chi connectivity index (χ1n) is 47.4. The summed E-state index contributed by atoms with van der Waals surface area (Å²) in [5.74, 6) is 3.99. The summed E-state index contributed by atoms with van der Waals surface area (Å²) in [7, 11) is 0. The molecule has 0 radical (unpaired) electrons. The van der Waals surface area contributed by atoms with Crippen molar-refractivity contribution in [2.75, 3.05) is 0 Å². The second-order valence-electron chi connectivity index (χ2n) is 36.3. The Morgan fingerprint density at radius 3 is 0.986 bits per heavy atom. The number of rotatable bonds is 8. The van der Waals surface area contributed by atoms with Crippen molar-refractivity contribution in [2.24, 2.45) is 0 Å². The molecule has 0 aliphatic rings. The van der Waals surface area contributed by atoms with Crippen molar-refractivity contribution in [1.29, 1.82) is 0 Å². The summed E-state index contributed by atoms with van der Waals surface area (Å²) in [6.45, 7) is 24.9. The number of aromatic nitrogens is 13. The molecule has 23 heteroatoms. The number of hydrogen-bond acceptors (Lipinski definition) is 15. The van der Waals surface area contributed by atoms with Crippen LogP contribution in [0.25, 0.3) is 210 Å². The zero-order chi connectivity index (χ0) is 99.6. The van der Waals surface area contributed by atoms with Crippen LogP contribution in [0.1, 0.15) is 67.8 Å². The Balaban J connectivity index is 0.000000102. The Kier molecular flexibility index (Phi) is 28.3. The normalized spacial score (nSPS) is 11.4. The van der Waals surface area contributed by atoms with Gasteiger partial charge in [-0.25, -0.2) is 0 Å². The van der Waals surface area contributed by atoms with Crippen molar-refractivity contribution in [3.8, 4) is 79.0 Å². The number of aryl methyl sites for hydroxylation is 12. The number of benzene rings is 14. The SMILES string of the molecule is Cc1c[c]([BiH2])nc(-c2c(C)ccc3c2oc2ccccc23)c1.Cc1c[c]([BiH2])nc(-c2c(C)ccc3c2oc2ccccc23)n1.Cc1cc(-c2c(C)ccc3c2oc2ccccc23)c[c]([BiH2])n1.Cc1n[c]([BiH2])cc(-c2c(C)ccc3c2oc2ccccc23)n1.Cc1n[c]([BiH2])cc(-c2c(C)ccc3c4ccccc4n(-c4ccccc4)c23)n1.Cc1n[c]([BiH2])nc(-c2c(C)ccc3c4ccccc4n(-c4ccccc4)c23)n1. The molecule has 12 aromatic heterocycles. The Hall–Kier alpha value is -12.3. The maximum absolute atomic E-state index is 6.19. The van der Waals surface area contributed by atoms with E-state index in [0.29, 0.717) is 98.9 Å². The molecular formula is C121H101Bi6N13O4. The molecule has 144 heavy (non-hydrogen) atoms. The fourth-order valence-corrected chi connectivity index (χ4v) is 28.2. The molecule has 12 heterocycles. The van der Waals surface area contributed by atoms with Gasteiger partial charge in [0.25, 0.3) is 0 Å². The van der Waals surface area contributed by atoms with Gasteiger partial charge in [-0.15, -0.1) is 0 Å². The van der Waals surface area contributed by atoms with Crippen LogP contribution in [0.5, 0.6) is 0 Å². The molecule has 0 unspecified atom stereocenters. The molecule has 0 bridgehead atoms. The van der Waals surface area contributed by atoms with Gasteiger partial charge in [0.15, 0.2) is 0 Å². The van der Waals surface area contributed by atoms with Gasteiger partial charge in [0, 0.05) is 0 Å². The van der Waals surface area contributed by atoms with E-state index in [4.69, 9.17) is 37.6 Å². The van der Waals surface area contributed by atoms with E-state index in [1.807, 2.05) is 94.4 Å². The minimum absolute atomic E-state index is 0.574. The van der Waals surface area contributed by atoms with Gasteiger partial charge in [-0.05, 0) is 0 Å². The van der Waals surface area contributed by atoms with Gasteiger partial charge in [-0.1, -0.05) is 0 Å². The first kappa shape index (κ1) is 97.8. The molecule has 26 rings (SSSR count). The average molecular weight is 3060 g/mol. The molecule has 0 amide bonds. The van der Waals surface area contributed by atoms with Crippen LogP contribution >= 0.6 is 0 Å². The summed E-state index contributed by atoms with van der Waals surface area (Å²) in [4.78, 5) is 51.0. The van der Waals surface area contributed by atoms with Crippen LogP contribution in [0, 0.1) is 83.1 Å². The van der Waals surface area contributed by atoms with Gasteiger partial charge in [-0.2, -0.15) is 0 Å². The van der Waals surface area contributed by atoms with Crippen molar-refractivity contribution < 1.29 is 17.7 Å². The van der Waals surface area contributed by atoms with Crippen LogP contribution in [0.3, 0.4) is 0 Å². The Morgan fingerprint density at radius 2 is 0.549 bits per heavy atom. The molecule has 14 aromatic carbocycles. The number of fused-ring (bicyclic) bond motifs is 18. The second kappa shape index (κ2) is 41.7. The van der Waals surface area contributed by atoms with Crippen molar-refractivity contribution in [1.82, 2.24) is 64.0 Å². The van der Waals surface area contributed by atoms with Gasteiger partial charge < -0.3 is 0 Å². The topological polar surface area (TPSA) is 204 Å². The van der Waals surface area contributed by atoms with Gasteiger partial charge >= 0.3 is 933 Å². The quantitative estimate of drug-likeness (QED) is 0.130. The van der Waals surface area contributed by atoms with Crippen molar-refractivity contribution in [3.05, 3.63) is 389 Å². The molecule has 17 nitrogen and oxygen atoms in total. The van der Waals surface area contributed by atoms with Gasteiger partial charge in [-0.3, -0.25) is 0 Å². The van der Waals surface area contributed by atoms with Crippen LogP contribution < -0.4 is 20.5 Å². The van der Waals surface area contributed by atoms with E-state index in [2.05, 4.69) is 354 Å². The predicted octanol–water partition coefficient (Wildman–Crippen LogP) is 20.5.